The summed E-state index contributed by atoms with van der Waals surface area (Å²) in [7, 11) is 0. The van der Waals surface area contributed by atoms with Gasteiger partial charge < -0.3 is 9.80 Å². The largest absolute Gasteiger partial charge is 0.311 e. The van der Waals surface area contributed by atoms with Gasteiger partial charge in [-0.25, -0.2) is 0 Å². The highest BCUT2D eigenvalue weighted by Gasteiger charge is 2.38. The van der Waals surface area contributed by atoms with E-state index >= 15 is 0 Å². The summed E-state index contributed by atoms with van der Waals surface area (Å²) < 4.78 is 0. The fourth-order valence-corrected chi connectivity index (χ4v) is 7.94. The third-order valence-electron chi connectivity index (χ3n) is 10.3. The van der Waals surface area contributed by atoms with E-state index in [2.05, 4.69) is 207 Å². The standard InChI is InChI=1S/C51H42N2/c1-5-20-40(6-2)52(41-23-10-7-11-24-41)45-30-19-22-38(34-45)47-35-39(36-48-46-31-16-17-32-49(46)51(3,4)50(47)48)37-21-18-29-44(33-37)53(42-25-12-8-13-26-42)43-27-14-9-15-28-43/h5-36H,1-2H2,3-4H3/b40-20+. The van der Waals surface area contributed by atoms with Crippen LogP contribution in [0.5, 0.6) is 0 Å². The van der Waals surface area contributed by atoms with Gasteiger partial charge in [-0.3, -0.25) is 0 Å². The van der Waals surface area contributed by atoms with Crippen LogP contribution in [0.2, 0.25) is 0 Å². The second kappa shape index (κ2) is 14.2. The quantitative estimate of drug-likeness (QED) is 0.133. The maximum absolute atomic E-state index is 4.16. The minimum absolute atomic E-state index is 0.191. The first kappa shape index (κ1) is 33.5. The molecule has 0 N–H and O–H groups in total. The predicted molar refractivity (Wildman–Crippen MR) is 227 cm³/mol. The number of anilines is 5. The molecule has 2 heteroatoms. The van der Waals surface area contributed by atoms with Gasteiger partial charge in [-0.05, 0) is 129 Å². The Morgan fingerprint density at radius 2 is 1.00 bits per heavy atom. The van der Waals surface area contributed by atoms with Gasteiger partial charge in [0.05, 0.1) is 0 Å². The lowest BCUT2D eigenvalue weighted by Gasteiger charge is -2.28. The van der Waals surface area contributed by atoms with Gasteiger partial charge in [0.1, 0.15) is 0 Å². The lowest BCUT2D eigenvalue weighted by molar-refractivity contribution is 0.662. The summed E-state index contributed by atoms with van der Waals surface area (Å²) in [5.74, 6) is 0. The average Bonchev–Trinajstić information content (AvgIpc) is 3.45. The molecule has 0 aromatic heterocycles. The van der Waals surface area contributed by atoms with Crippen LogP contribution in [0.3, 0.4) is 0 Å². The van der Waals surface area contributed by atoms with Gasteiger partial charge in [0.25, 0.3) is 0 Å². The molecule has 8 rings (SSSR count). The average molecular weight is 683 g/mol. The maximum atomic E-state index is 4.16. The molecule has 1 aliphatic carbocycles. The predicted octanol–water partition coefficient (Wildman–Crippen LogP) is 14.2. The molecule has 7 aromatic rings. The van der Waals surface area contributed by atoms with Crippen molar-refractivity contribution in [2.45, 2.75) is 19.3 Å². The minimum atomic E-state index is -0.191. The van der Waals surface area contributed by atoms with E-state index in [1.165, 1.54) is 33.4 Å². The number of benzene rings is 7. The van der Waals surface area contributed by atoms with E-state index in [0.29, 0.717) is 0 Å². The van der Waals surface area contributed by atoms with E-state index in [1.54, 1.807) is 0 Å². The molecule has 0 atom stereocenters. The minimum Gasteiger partial charge on any atom is -0.311 e. The summed E-state index contributed by atoms with van der Waals surface area (Å²) in [6.07, 6.45) is 5.71. The summed E-state index contributed by atoms with van der Waals surface area (Å²) in [5.41, 5.74) is 16.2. The zero-order chi connectivity index (χ0) is 36.4. The lowest BCUT2D eigenvalue weighted by atomic mass is 9.78. The Kier molecular flexibility index (Phi) is 8.96. The fraction of sp³-hybridized carbons (Fsp3) is 0.0588. The summed E-state index contributed by atoms with van der Waals surface area (Å²) in [5, 5.41) is 0. The molecule has 0 fully saturated rings. The van der Waals surface area contributed by atoms with Crippen molar-refractivity contribution in [1.29, 1.82) is 0 Å². The molecule has 0 radical (unpaired) electrons. The van der Waals surface area contributed by atoms with E-state index in [9.17, 15) is 0 Å². The molecular weight excluding hydrogens is 641 g/mol. The Hall–Kier alpha value is -6.64. The van der Waals surface area contributed by atoms with Crippen LogP contribution in [0.25, 0.3) is 33.4 Å². The first-order valence-corrected chi connectivity index (χ1v) is 18.2. The molecule has 0 heterocycles. The number of para-hydroxylation sites is 3. The summed E-state index contributed by atoms with van der Waals surface area (Å²) >= 11 is 0. The third kappa shape index (κ3) is 6.19. The molecule has 0 bridgehead atoms. The van der Waals surface area contributed by atoms with Crippen molar-refractivity contribution in [1.82, 2.24) is 0 Å². The topological polar surface area (TPSA) is 6.48 Å². The molecule has 0 saturated heterocycles. The van der Waals surface area contributed by atoms with Crippen molar-refractivity contribution in [3.05, 3.63) is 224 Å². The van der Waals surface area contributed by atoms with Gasteiger partial charge >= 0.3 is 0 Å². The first-order chi connectivity index (χ1) is 26.0. The molecule has 0 amide bonds. The normalized spacial score (nSPS) is 12.8. The summed E-state index contributed by atoms with van der Waals surface area (Å²) in [6.45, 7) is 12.9. The van der Waals surface area contributed by atoms with Gasteiger partial charge in [0.2, 0.25) is 0 Å². The van der Waals surface area contributed by atoms with Crippen molar-refractivity contribution in [2.24, 2.45) is 0 Å². The van der Waals surface area contributed by atoms with Gasteiger partial charge in [0.15, 0.2) is 0 Å². The molecular formula is C51H42N2. The van der Waals surface area contributed by atoms with Crippen LogP contribution in [0, 0.1) is 0 Å². The van der Waals surface area contributed by atoms with Crippen LogP contribution in [0.4, 0.5) is 28.4 Å². The molecule has 0 spiro atoms. The van der Waals surface area contributed by atoms with Gasteiger partial charge in [0, 0.05) is 39.5 Å². The molecule has 2 nitrogen and oxygen atoms in total. The van der Waals surface area contributed by atoms with Crippen LogP contribution >= 0.6 is 0 Å². The first-order valence-electron chi connectivity index (χ1n) is 18.2. The van der Waals surface area contributed by atoms with E-state index in [0.717, 1.165) is 45.3 Å². The lowest BCUT2D eigenvalue weighted by Crippen LogP contribution is -2.17. The Labute approximate surface area is 314 Å². The molecule has 1 aliphatic rings. The van der Waals surface area contributed by atoms with Crippen molar-refractivity contribution in [3.8, 4) is 33.4 Å². The van der Waals surface area contributed by atoms with Crippen molar-refractivity contribution in [3.63, 3.8) is 0 Å². The highest BCUT2D eigenvalue weighted by atomic mass is 15.1. The molecule has 0 saturated carbocycles. The molecule has 7 aromatic carbocycles. The second-order valence-electron chi connectivity index (χ2n) is 13.9. The number of allylic oxidation sites excluding steroid dienone is 3. The number of hydrogen-bond donors (Lipinski definition) is 0. The SMILES string of the molecule is C=C/C=C(\C=C)N(c1ccccc1)c1cccc(-c2cc(-c3cccc(N(c4ccccc4)c4ccccc4)c3)cc3c2C(C)(C)c2ccccc2-3)c1. The Morgan fingerprint density at radius 1 is 0.472 bits per heavy atom. The van der Waals surface area contributed by atoms with Crippen LogP contribution < -0.4 is 9.80 Å². The zero-order valence-electron chi connectivity index (χ0n) is 30.3. The maximum Gasteiger partial charge on any atom is 0.0467 e. The van der Waals surface area contributed by atoms with Crippen molar-refractivity contribution >= 4 is 28.4 Å². The number of hydrogen-bond acceptors (Lipinski definition) is 2. The van der Waals surface area contributed by atoms with Gasteiger partial charge in [-0.15, -0.1) is 0 Å². The van der Waals surface area contributed by atoms with Gasteiger partial charge in [-0.1, -0.05) is 136 Å². The van der Waals surface area contributed by atoms with Gasteiger partial charge in [-0.2, -0.15) is 0 Å². The Balaban J connectivity index is 1.33. The van der Waals surface area contributed by atoms with Crippen LogP contribution in [-0.4, -0.2) is 0 Å². The molecule has 0 unspecified atom stereocenters. The number of fused-ring (bicyclic) bond motifs is 3. The summed E-state index contributed by atoms with van der Waals surface area (Å²) in [6, 6.07) is 63.2. The monoisotopic (exact) mass is 682 g/mol. The molecule has 0 aliphatic heterocycles. The number of nitrogens with zero attached hydrogens (tertiary/aromatic N) is 2. The third-order valence-corrected chi connectivity index (χ3v) is 10.3. The van der Waals surface area contributed by atoms with Crippen molar-refractivity contribution < 1.29 is 0 Å². The molecule has 256 valence electrons. The fourth-order valence-electron chi connectivity index (χ4n) is 7.94. The van der Waals surface area contributed by atoms with Crippen LogP contribution in [0.1, 0.15) is 25.0 Å². The van der Waals surface area contributed by atoms with Crippen LogP contribution in [0.15, 0.2) is 213 Å². The highest BCUT2D eigenvalue weighted by Crippen LogP contribution is 2.54. The van der Waals surface area contributed by atoms with E-state index in [4.69, 9.17) is 0 Å². The number of rotatable bonds is 10. The van der Waals surface area contributed by atoms with E-state index < -0.39 is 0 Å². The molecule has 53 heavy (non-hydrogen) atoms. The van der Waals surface area contributed by atoms with E-state index in [1.807, 2.05) is 24.3 Å². The highest BCUT2D eigenvalue weighted by molar-refractivity contribution is 5.93. The van der Waals surface area contributed by atoms with E-state index in [-0.39, 0.29) is 5.41 Å². The second-order valence-corrected chi connectivity index (χ2v) is 13.9. The van der Waals surface area contributed by atoms with Crippen LogP contribution in [-0.2, 0) is 5.41 Å². The smallest absolute Gasteiger partial charge is 0.0467 e. The Morgan fingerprint density at radius 3 is 1.64 bits per heavy atom. The summed E-state index contributed by atoms with van der Waals surface area (Å²) in [4.78, 5) is 4.57. The van der Waals surface area contributed by atoms with Crippen molar-refractivity contribution in [2.75, 3.05) is 9.80 Å². The Bertz CT molecular complexity index is 2420. The zero-order valence-corrected chi connectivity index (χ0v) is 30.3.